The number of hydrogen-bond donors (Lipinski definition) is 3. The van der Waals surface area contributed by atoms with Gasteiger partial charge in [0, 0.05) is 38.9 Å². The molecule has 0 aliphatic carbocycles. The summed E-state index contributed by atoms with van der Waals surface area (Å²) in [6.07, 6.45) is 0.0710. The van der Waals surface area contributed by atoms with E-state index < -0.39 is 11.7 Å². The van der Waals surface area contributed by atoms with Gasteiger partial charge in [0.1, 0.15) is 5.82 Å². The fourth-order valence-electron chi connectivity index (χ4n) is 2.37. The quantitative estimate of drug-likeness (QED) is 0.645. The molecule has 1 aromatic carbocycles. The van der Waals surface area contributed by atoms with Crippen LogP contribution in [0.25, 0.3) is 0 Å². The van der Waals surface area contributed by atoms with E-state index in [1.54, 1.807) is 13.2 Å². The lowest BCUT2D eigenvalue weighted by atomic mass is 9.89. The third kappa shape index (κ3) is 5.46. The summed E-state index contributed by atoms with van der Waals surface area (Å²) in [5.74, 6) is -1.53. The Bertz CT molecular complexity index is 557. The van der Waals surface area contributed by atoms with Gasteiger partial charge in [-0.05, 0) is 17.7 Å². The topological polar surface area (TPSA) is 79.5 Å². The number of rotatable bonds is 7. The number of carbonyl (C=O) groups excluding carboxylic acids is 2. The molecular formula is C15H21ClFN3O3. The largest absolute Gasteiger partial charge is 0.383 e. The van der Waals surface area contributed by atoms with Gasteiger partial charge in [0.15, 0.2) is 0 Å². The van der Waals surface area contributed by atoms with Gasteiger partial charge in [0.25, 0.3) is 0 Å². The van der Waals surface area contributed by atoms with Crippen LogP contribution >= 0.6 is 12.4 Å². The number of fused-ring (bicyclic) bond motifs is 1. The number of carbonyl (C=O) groups is 2. The Morgan fingerprint density at radius 1 is 1.39 bits per heavy atom. The second-order valence-corrected chi connectivity index (χ2v) is 5.07. The highest BCUT2D eigenvalue weighted by molar-refractivity contribution is 6.01. The van der Waals surface area contributed by atoms with Crippen molar-refractivity contribution in [2.24, 2.45) is 0 Å². The van der Waals surface area contributed by atoms with E-state index in [9.17, 15) is 14.0 Å². The molecule has 1 aliphatic heterocycles. The fourth-order valence-corrected chi connectivity index (χ4v) is 2.37. The van der Waals surface area contributed by atoms with Crippen molar-refractivity contribution in [2.45, 2.75) is 12.3 Å². The Morgan fingerprint density at radius 2 is 2.17 bits per heavy atom. The van der Waals surface area contributed by atoms with Crippen molar-refractivity contribution in [1.82, 2.24) is 10.6 Å². The molecule has 8 heteroatoms. The van der Waals surface area contributed by atoms with E-state index >= 15 is 0 Å². The molecule has 0 saturated heterocycles. The van der Waals surface area contributed by atoms with E-state index in [2.05, 4.69) is 16.0 Å². The molecule has 2 rings (SSSR count). The maximum Gasteiger partial charge on any atom is 0.228 e. The van der Waals surface area contributed by atoms with Crippen LogP contribution < -0.4 is 16.0 Å². The summed E-state index contributed by atoms with van der Waals surface area (Å²) in [7, 11) is 1.62. The van der Waals surface area contributed by atoms with E-state index in [1.807, 2.05) is 0 Å². The van der Waals surface area contributed by atoms with Crippen LogP contribution in [0.15, 0.2) is 18.2 Å². The molecule has 1 aliphatic rings. The van der Waals surface area contributed by atoms with Gasteiger partial charge in [-0.15, -0.1) is 12.4 Å². The smallest absolute Gasteiger partial charge is 0.228 e. The molecular weight excluding hydrogens is 325 g/mol. The molecule has 1 atom stereocenters. The monoisotopic (exact) mass is 345 g/mol. The summed E-state index contributed by atoms with van der Waals surface area (Å²) in [6, 6.07) is 4.08. The predicted octanol–water partition coefficient (Wildman–Crippen LogP) is 1.03. The molecule has 0 bridgehead atoms. The van der Waals surface area contributed by atoms with Gasteiger partial charge in [-0.3, -0.25) is 9.59 Å². The first-order valence-corrected chi connectivity index (χ1v) is 7.18. The van der Waals surface area contributed by atoms with Crippen LogP contribution in [0.5, 0.6) is 0 Å². The van der Waals surface area contributed by atoms with Crippen molar-refractivity contribution in [2.75, 3.05) is 38.7 Å². The standard InChI is InChI=1S/C15H20FN3O3.ClH/c1-22-7-6-17-4-5-18-15(21)12-9-14(20)19-13-8-10(16)2-3-11(12)13;/h2-3,8,12,17H,4-7,9H2,1H3,(H,18,21)(H,19,20);1H. The van der Waals surface area contributed by atoms with Crippen LogP contribution in [-0.2, 0) is 14.3 Å². The van der Waals surface area contributed by atoms with Crippen molar-refractivity contribution in [3.63, 3.8) is 0 Å². The van der Waals surface area contributed by atoms with Gasteiger partial charge in [-0.25, -0.2) is 4.39 Å². The second-order valence-electron chi connectivity index (χ2n) is 5.07. The van der Waals surface area contributed by atoms with Crippen LogP contribution in [0.2, 0.25) is 0 Å². The molecule has 0 fully saturated rings. The van der Waals surface area contributed by atoms with Gasteiger partial charge >= 0.3 is 0 Å². The average Bonchev–Trinajstić information content (AvgIpc) is 2.49. The predicted molar refractivity (Wildman–Crippen MR) is 87.4 cm³/mol. The van der Waals surface area contributed by atoms with Crippen LogP contribution in [-0.4, -0.2) is 45.2 Å². The number of hydrogen-bond acceptors (Lipinski definition) is 4. The SMILES string of the molecule is COCCNCCNC(=O)C1CC(=O)Nc2cc(F)ccc21.Cl. The number of nitrogens with one attached hydrogen (secondary N) is 3. The highest BCUT2D eigenvalue weighted by Crippen LogP contribution is 2.32. The Labute approximate surface area is 140 Å². The zero-order valence-corrected chi connectivity index (χ0v) is 13.7. The zero-order chi connectivity index (χ0) is 15.9. The number of benzene rings is 1. The summed E-state index contributed by atoms with van der Waals surface area (Å²) in [4.78, 5) is 23.9. The minimum Gasteiger partial charge on any atom is -0.383 e. The molecule has 0 radical (unpaired) electrons. The van der Waals surface area contributed by atoms with Gasteiger partial charge in [-0.1, -0.05) is 6.07 Å². The molecule has 1 heterocycles. The third-order valence-corrected chi connectivity index (χ3v) is 3.45. The highest BCUT2D eigenvalue weighted by Gasteiger charge is 2.30. The van der Waals surface area contributed by atoms with Crippen LogP contribution in [0, 0.1) is 5.82 Å². The van der Waals surface area contributed by atoms with Crippen molar-refractivity contribution in [3.05, 3.63) is 29.6 Å². The lowest BCUT2D eigenvalue weighted by molar-refractivity contribution is -0.126. The number of amides is 2. The molecule has 128 valence electrons. The average molecular weight is 346 g/mol. The molecule has 1 aromatic rings. The molecule has 1 unspecified atom stereocenters. The van der Waals surface area contributed by atoms with Crippen molar-refractivity contribution in [1.29, 1.82) is 0 Å². The maximum absolute atomic E-state index is 13.2. The summed E-state index contributed by atoms with van der Waals surface area (Å²) in [5.41, 5.74) is 1.01. The Morgan fingerprint density at radius 3 is 2.91 bits per heavy atom. The summed E-state index contributed by atoms with van der Waals surface area (Å²) in [6.45, 7) is 2.39. The second kappa shape index (κ2) is 9.44. The number of anilines is 1. The maximum atomic E-state index is 13.2. The minimum atomic E-state index is -0.580. The van der Waals surface area contributed by atoms with Crippen LogP contribution in [0.4, 0.5) is 10.1 Å². The molecule has 0 aromatic heterocycles. The molecule has 23 heavy (non-hydrogen) atoms. The first-order valence-electron chi connectivity index (χ1n) is 7.18. The highest BCUT2D eigenvalue weighted by atomic mass is 35.5. The van der Waals surface area contributed by atoms with Gasteiger partial charge < -0.3 is 20.7 Å². The van der Waals surface area contributed by atoms with Gasteiger partial charge in [0.05, 0.1) is 12.5 Å². The lowest BCUT2D eigenvalue weighted by Gasteiger charge is -2.24. The minimum absolute atomic E-state index is 0. The molecule has 2 amide bonds. The normalized spacial score (nSPS) is 16.1. The lowest BCUT2D eigenvalue weighted by Crippen LogP contribution is -2.38. The van der Waals surface area contributed by atoms with Gasteiger partial charge in [-0.2, -0.15) is 0 Å². The van der Waals surface area contributed by atoms with E-state index in [1.165, 1.54) is 12.1 Å². The van der Waals surface area contributed by atoms with Crippen LogP contribution in [0.3, 0.4) is 0 Å². The third-order valence-electron chi connectivity index (χ3n) is 3.45. The summed E-state index contributed by atoms with van der Waals surface area (Å²) >= 11 is 0. The van der Waals surface area contributed by atoms with Crippen molar-refractivity contribution >= 4 is 29.9 Å². The number of ether oxygens (including phenoxy) is 1. The van der Waals surface area contributed by atoms with E-state index in [-0.39, 0.29) is 30.6 Å². The Hall–Kier alpha value is -1.70. The molecule has 3 N–H and O–H groups in total. The zero-order valence-electron chi connectivity index (χ0n) is 12.9. The Balaban J connectivity index is 0.00000264. The molecule has 6 nitrogen and oxygen atoms in total. The first kappa shape index (κ1) is 19.3. The number of halogens is 2. The molecule has 0 saturated carbocycles. The van der Waals surface area contributed by atoms with Crippen molar-refractivity contribution < 1.29 is 18.7 Å². The van der Waals surface area contributed by atoms with E-state index in [4.69, 9.17) is 4.74 Å². The fraction of sp³-hybridized carbons (Fsp3) is 0.467. The first-order chi connectivity index (χ1) is 10.6. The summed E-state index contributed by atoms with van der Waals surface area (Å²) < 4.78 is 18.1. The number of methoxy groups -OCH3 is 1. The van der Waals surface area contributed by atoms with Crippen LogP contribution in [0.1, 0.15) is 17.9 Å². The van der Waals surface area contributed by atoms with Gasteiger partial charge in [0.2, 0.25) is 11.8 Å². The van der Waals surface area contributed by atoms with E-state index in [0.717, 1.165) is 0 Å². The van der Waals surface area contributed by atoms with E-state index in [0.29, 0.717) is 37.5 Å². The summed E-state index contributed by atoms with van der Waals surface area (Å²) in [5, 5.41) is 8.49. The Kier molecular flexibility index (Phi) is 7.94. The van der Waals surface area contributed by atoms with Crippen molar-refractivity contribution in [3.8, 4) is 0 Å². The molecule has 0 spiro atoms.